The Morgan fingerprint density at radius 3 is 0.857 bits per heavy atom. The Morgan fingerprint density at radius 2 is 0.857 bits per heavy atom. The fourth-order valence-electron chi connectivity index (χ4n) is 0. The summed E-state index contributed by atoms with van der Waals surface area (Å²) >= 11 is 0. The van der Waals surface area contributed by atoms with Crippen LogP contribution in [-0.2, 0) is 18.6 Å². The summed E-state index contributed by atoms with van der Waals surface area (Å²) < 4.78 is 0. The predicted molar refractivity (Wildman–Crippen MR) is 58.3 cm³/mol. The van der Waals surface area contributed by atoms with Crippen molar-refractivity contribution < 1.29 is 25.7 Å². The van der Waals surface area contributed by atoms with Crippen LogP contribution in [0.15, 0.2) is 0 Å². The Morgan fingerprint density at radius 1 is 0.857 bits per heavy atom. The van der Waals surface area contributed by atoms with E-state index in [4.69, 9.17) is 0 Å². The third kappa shape index (κ3) is 88.8. The first-order chi connectivity index (χ1) is 0. The van der Waals surface area contributed by atoms with Gasteiger partial charge in [0, 0.05) is 18.6 Å². The molecule has 0 fully saturated rings. The van der Waals surface area contributed by atoms with Crippen molar-refractivity contribution in [3.63, 3.8) is 0 Å². The second-order valence-electron chi connectivity index (χ2n) is 0. The minimum absolute atomic E-state index is 0. The molecule has 0 unspecified atom stereocenters. The fourth-order valence-corrected chi connectivity index (χ4v) is 0. The van der Waals surface area contributed by atoms with Gasteiger partial charge in [0.15, 0.2) is 0 Å². The zero-order valence-corrected chi connectivity index (χ0v) is 6.08. The first-order valence-electron chi connectivity index (χ1n) is 0. The van der Waals surface area contributed by atoms with Crippen molar-refractivity contribution in [3.05, 3.63) is 0 Å². The SMILES string of the molecule is C.C.C.C.I.S.[2H-].[2H-].[2H-].[2H-].[3H-].[V]. The van der Waals surface area contributed by atoms with Crippen molar-refractivity contribution in [2.24, 2.45) is 0 Å². The van der Waals surface area contributed by atoms with Gasteiger partial charge in [-0.1, -0.05) is 29.7 Å². The van der Waals surface area contributed by atoms with Gasteiger partial charge in [0.05, 0.1) is 0 Å². The van der Waals surface area contributed by atoms with Gasteiger partial charge in [-0.15, -0.1) is 24.0 Å². The summed E-state index contributed by atoms with van der Waals surface area (Å²) in [5, 5.41) is 0. The van der Waals surface area contributed by atoms with Gasteiger partial charge in [0.2, 0.25) is 0 Å². The minimum atomic E-state index is 0. The van der Waals surface area contributed by atoms with Crippen LogP contribution in [0.3, 0.4) is 0 Å². The molecular weight excluding hydrogens is 258 g/mol. The molecule has 63 valence electrons. The Hall–Kier alpha value is 1.66. The molecule has 3 heteroatoms. The second-order valence-corrected chi connectivity index (χ2v) is 0. The van der Waals surface area contributed by atoms with Crippen LogP contribution in [0.25, 0.3) is 0 Å². The molecule has 0 aliphatic heterocycles. The van der Waals surface area contributed by atoms with Crippen LogP contribution in [-0.4, -0.2) is 0 Å². The molecule has 0 heterocycles. The Kier molecular flexibility index (Phi) is 3230. The first kappa shape index (κ1) is 184. The molecule has 0 spiro atoms. The van der Waals surface area contributed by atoms with Gasteiger partial charge >= 0.3 is 0 Å². The fraction of sp³-hybridized carbons (Fsp3) is 1.00. The van der Waals surface area contributed by atoms with Gasteiger partial charge in [0.1, 0.15) is 0 Å². The van der Waals surface area contributed by atoms with Crippen molar-refractivity contribution in [2.75, 3.05) is 0 Å². The maximum absolute atomic E-state index is 0. The van der Waals surface area contributed by atoms with E-state index in [0.29, 0.717) is 0 Å². The minimum Gasteiger partial charge on any atom is -1.00 e. The van der Waals surface area contributed by atoms with Crippen molar-refractivity contribution in [2.45, 2.75) is 29.7 Å². The number of rotatable bonds is 0. The number of hydrogen-bond acceptors (Lipinski definition) is 0. The van der Waals surface area contributed by atoms with E-state index >= 15 is 0 Å². The first-order valence-corrected chi connectivity index (χ1v) is 0. The Labute approximate surface area is 92.6 Å². The van der Waals surface area contributed by atoms with E-state index in [1.54, 1.807) is 0 Å². The van der Waals surface area contributed by atoms with Gasteiger partial charge in [0.25, 0.3) is 0 Å². The van der Waals surface area contributed by atoms with E-state index < -0.39 is 0 Å². The third-order valence-electron chi connectivity index (χ3n) is 0. The summed E-state index contributed by atoms with van der Waals surface area (Å²) in [4.78, 5) is 0. The van der Waals surface area contributed by atoms with Crippen molar-refractivity contribution in [3.8, 4) is 0 Å². The van der Waals surface area contributed by atoms with Crippen LogP contribution < -0.4 is 0 Å². The largest absolute Gasteiger partial charge is 1.00 e. The molecule has 0 nitrogen and oxygen atoms in total. The maximum atomic E-state index is 0. The van der Waals surface area contributed by atoms with Crippen LogP contribution in [0.4, 0.5) is 0 Å². The molecule has 0 amide bonds. The standard InChI is InChI=1S/4CH4.HI.H2S.V.5H/h4*1H4;1H;1H2;;;;;;/q;;;;;;;5*-1/i;;;;;;;1+2;4*1+1. The number of hydrogen-bond donors (Lipinski definition) is 0. The molecular formula is C4H24ISV-5. The van der Waals surface area contributed by atoms with Crippen LogP contribution in [0.5, 0.6) is 0 Å². The molecule has 0 saturated carbocycles. The van der Waals surface area contributed by atoms with Gasteiger partial charge < -0.3 is 7.13 Å². The van der Waals surface area contributed by atoms with Crippen molar-refractivity contribution >= 4 is 37.5 Å². The normalized spacial score (nSPS) is 0. The molecule has 0 aliphatic carbocycles. The third-order valence-corrected chi connectivity index (χ3v) is 0. The van der Waals surface area contributed by atoms with E-state index in [-0.39, 0.29) is 92.9 Å². The summed E-state index contributed by atoms with van der Waals surface area (Å²) in [6.45, 7) is 0. The van der Waals surface area contributed by atoms with E-state index in [9.17, 15) is 0 Å². The summed E-state index contributed by atoms with van der Waals surface area (Å²) in [5.74, 6) is 0. The molecule has 0 aromatic heterocycles. The Bertz CT molecular complexity index is 23.4. The zero-order chi connectivity index (χ0) is 0. The van der Waals surface area contributed by atoms with Crippen LogP contribution >= 0.6 is 37.5 Å². The molecule has 1 radical (unpaired) electrons. The number of halogens is 1. The average Bonchev–Trinajstić information content (AvgIpc) is 0. The summed E-state index contributed by atoms with van der Waals surface area (Å²) in [7, 11) is 0. The molecule has 0 atom stereocenters. The van der Waals surface area contributed by atoms with Gasteiger partial charge in [-0.3, -0.25) is 0 Å². The summed E-state index contributed by atoms with van der Waals surface area (Å²) in [6, 6.07) is 0. The summed E-state index contributed by atoms with van der Waals surface area (Å²) in [6.07, 6.45) is 0. The molecule has 0 N–H and O–H groups in total. The van der Waals surface area contributed by atoms with Crippen LogP contribution in [0, 0.1) is 0 Å². The molecule has 0 saturated heterocycles. The molecule has 7 heavy (non-hydrogen) atoms. The zero-order valence-electron chi connectivity index (χ0n) is 6.36. The quantitative estimate of drug-likeness (QED) is 0.594. The van der Waals surface area contributed by atoms with Crippen molar-refractivity contribution in [1.29, 1.82) is 0 Å². The van der Waals surface area contributed by atoms with Crippen molar-refractivity contribution in [1.82, 2.24) is 0 Å². The second kappa shape index (κ2) is 123. The van der Waals surface area contributed by atoms with Crippen LogP contribution in [0.1, 0.15) is 36.8 Å². The van der Waals surface area contributed by atoms with E-state index in [1.807, 2.05) is 0 Å². The van der Waals surface area contributed by atoms with E-state index in [1.165, 1.54) is 0 Å². The van der Waals surface area contributed by atoms with Gasteiger partial charge in [-0.2, -0.15) is 13.5 Å². The topological polar surface area (TPSA) is 0 Å². The smallest absolute Gasteiger partial charge is 0 e. The van der Waals surface area contributed by atoms with Crippen LogP contribution in [0.2, 0.25) is 0 Å². The summed E-state index contributed by atoms with van der Waals surface area (Å²) in [5.41, 5.74) is 0. The van der Waals surface area contributed by atoms with Gasteiger partial charge in [-0.05, 0) is 0 Å². The Balaban J connectivity index is 0. The monoisotopic (exact) mass is 288 g/mol. The molecule has 0 aromatic rings. The molecule has 0 aromatic carbocycles. The van der Waals surface area contributed by atoms with E-state index in [0.717, 1.165) is 0 Å². The van der Waals surface area contributed by atoms with E-state index in [2.05, 4.69) is 0 Å². The predicted octanol–water partition coefficient (Wildman–Crippen LogP) is 3.84. The maximum Gasteiger partial charge on any atom is 0 e. The van der Waals surface area contributed by atoms with Gasteiger partial charge in [-0.25, -0.2) is 0 Å². The molecule has 0 bridgehead atoms. The average molecular weight is 288 g/mol. The molecule has 0 aliphatic rings. The molecule has 0 rings (SSSR count).